The predicted molar refractivity (Wildman–Crippen MR) is 103 cm³/mol. The van der Waals surface area contributed by atoms with Gasteiger partial charge in [0.15, 0.2) is 6.61 Å². The Labute approximate surface area is 170 Å². The van der Waals surface area contributed by atoms with E-state index in [0.717, 1.165) is 0 Å². The van der Waals surface area contributed by atoms with Crippen molar-refractivity contribution in [3.8, 4) is 5.75 Å². The van der Waals surface area contributed by atoms with Crippen LogP contribution in [0.25, 0.3) is 0 Å². The summed E-state index contributed by atoms with van der Waals surface area (Å²) >= 11 is 17.6. The van der Waals surface area contributed by atoms with Crippen molar-refractivity contribution >= 4 is 46.6 Å². The van der Waals surface area contributed by atoms with Crippen LogP contribution in [0.2, 0.25) is 15.1 Å². The molecule has 2 rings (SSSR count). The van der Waals surface area contributed by atoms with Gasteiger partial charge in [0.2, 0.25) is 5.91 Å². The first-order valence-electron chi connectivity index (χ1n) is 7.90. The molecular formula is C18H16Cl3FN2O3. The van der Waals surface area contributed by atoms with E-state index in [4.69, 9.17) is 39.5 Å². The van der Waals surface area contributed by atoms with Gasteiger partial charge in [-0.2, -0.15) is 0 Å². The van der Waals surface area contributed by atoms with E-state index in [2.05, 4.69) is 10.6 Å². The standard InChI is InChI=1S/C18H16Cl3FN2O3/c19-13-8-15(21)16(9-14(13)20)27-10-18(26)24-6-5-23-17(25)7-11-1-3-12(22)4-2-11/h1-4,8-9H,5-7,10H2,(H,23,25)(H,24,26). The fourth-order valence-corrected chi connectivity index (χ4v) is 2.65. The molecule has 5 nitrogen and oxygen atoms in total. The number of nitrogens with one attached hydrogen (secondary N) is 2. The number of amides is 2. The summed E-state index contributed by atoms with van der Waals surface area (Å²) in [4.78, 5) is 23.5. The summed E-state index contributed by atoms with van der Waals surface area (Å²) in [5.41, 5.74) is 0.699. The molecule has 2 N–H and O–H groups in total. The summed E-state index contributed by atoms with van der Waals surface area (Å²) in [6.45, 7) is 0.215. The van der Waals surface area contributed by atoms with Gasteiger partial charge in [-0.25, -0.2) is 4.39 Å². The van der Waals surface area contributed by atoms with Gasteiger partial charge < -0.3 is 15.4 Å². The van der Waals surface area contributed by atoms with Crippen LogP contribution >= 0.6 is 34.8 Å². The van der Waals surface area contributed by atoms with Gasteiger partial charge in [-0.3, -0.25) is 9.59 Å². The fourth-order valence-electron chi connectivity index (χ4n) is 2.06. The molecule has 0 unspecified atom stereocenters. The van der Waals surface area contributed by atoms with Crippen molar-refractivity contribution < 1.29 is 18.7 Å². The Morgan fingerprint density at radius 1 is 0.889 bits per heavy atom. The van der Waals surface area contributed by atoms with E-state index >= 15 is 0 Å². The molecule has 0 aliphatic heterocycles. The average Bonchev–Trinajstić information content (AvgIpc) is 2.62. The molecule has 0 fully saturated rings. The third-order valence-electron chi connectivity index (χ3n) is 3.38. The molecule has 0 aliphatic rings. The van der Waals surface area contributed by atoms with Crippen LogP contribution in [0.1, 0.15) is 5.56 Å². The average molecular weight is 434 g/mol. The zero-order chi connectivity index (χ0) is 19.8. The zero-order valence-corrected chi connectivity index (χ0v) is 16.3. The highest BCUT2D eigenvalue weighted by molar-refractivity contribution is 6.43. The van der Waals surface area contributed by atoms with Crippen LogP contribution in [0, 0.1) is 5.82 Å². The lowest BCUT2D eigenvalue weighted by Gasteiger charge is -2.10. The summed E-state index contributed by atoms with van der Waals surface area (Å²) in [7, 11) is 0. The van der Waals surface area contributed by atoms with Crippen molar-refractivity contribution in [1.82, 2.24) is 10.6 Å². The molecular weight excluding hydrogens is 418 g/mol. The largest absolute Gasteiger partial charge is 0.482 e. The first kappa shape index (κ1) is 21.3. The minimum atomic E-state index is -0.384. The Hall–Kier alpha value is -2.02. The first-order chi connectivity index (χ1) is 12.8. The summed E-state index contributed by atoms with van der Waals surface area (Å²) in [5.74, 6) is -0.723. The number of carbonyl (C=O) groups excluding carboxylic acids is 2. The summed E-state index contributed by atoms with van der Waals surface area (Å²) in [5, 5.41) is 6.04. The van der Waals surface area contributed by atoms with Crippen LogP contribution < -0.4 is 15.4 Å². The van der Waals surface area contributed by atoms with E-state index in [0.29, 0.717) is 5.56 Å². The Morgan fingerprint density at radius 3 is 2.15 bits per heavy atom. The lowest BCUT2D eigenvalue weighted by atomic mass is 10.1. The second kappa shape index (κ2) is 10.3. The summed E-state index contributed by atoms with van der Waals surface area (Å²) < 4.78 is 18.1. The quantitative estimate of drug-likeness (QED) is 0.493. The van der Waals surface area contributed by atoms with Crippen molar-refractivity contribution in [3.63, 3.8) is 0 Å². The maximum absolute atomic E-state index is 12.8. The van der Waals surface area contributed by atoms with Gasteiger partial charge in [-0.05, 0) is 23.8 Å². The molecule has 0 heterocycles. The topological polar surface area (TPSA) is 67.4 Å². The van der Waals surface area contributed by atoms with Gasteiger partial charge in [-0.15, -0.1) is 0 Å². The molecule has 27 heavy (non-hydrogen) atoms. The van der Waals surface area contributed by atoms with Crippen LogP contribution in [0.3, 0.4) is 0 Å². The van der Waals surface area contributed by atoms with Crippen molar-refractivity contribution in [2.45, 2.75) is 6.42 Å². The van der Waals surface area contributed by atoms with Crippen molar-refractivity contribution in [1.29, 1.82) is 0 Å². The molecule has 2 aromatic carbocycles. The number of benzene rings is 2. The Morgan fingerprint density at radius 2 is 1.48 bits per heavy atom. The highest BCUT2D eigenvalue weighted by atomic mass is 35.5. The van der Waals surface area contributed by atoms with E-state index in [-0.39, 0.29) is 64.6 Å². The molecule has 2 amide bonds. The van der Waals surface area contributed by atoms with Gasteiger partial charge in [0.25, 0.3) is 5.91 Å². The van der Waals surface area contributed by atoms with E-state index in [1.54, 1.807) is 12.1 Å². The smallest absolute Gasteiger partial charge is 0.258 e. The molecule has 9 heteroatoms. The van der Waals surface area contributed by atoms with Crippen LogP contribution in [0.5, 0.6) is 5.75 Å². The molecule has 144 valence electrons. The summed E-state index contributed by atoms with van der Waals surface area (Å²) in [6.07, 6.45) is 0.132. The van der Waals surface area contributed by atoms with Crippen LogP contribution in [0.15, 0.2) is 36.4 Å². The third-order valence-corrected chi connectivity index (χ3v) is 4.40. The lowest BCUT2D eigenvalue weighted by molar-refractivity contribution is -0.124. The van der Waals surface area contributed by atoms with Gasteiger partial charge in [0, 0.05) is 19.2 Å². The monoisotopic (exact) mass is 432 g/mol. The number of hydrogen-bond acceptors (Lipinski definition) is 3. The molecule has 0 aromatic heterocycles. The maximum Gasteiger partial charge on any atom is 0.258 e. The van der Waals surface area contributed by atoms with Crippen molar-refractivity contribution in [2.24, 2.45) is 0 Å². The maximum atomic E-state index is 12.8. The normalized spacial score (nSPS) is 10.4. The highest BCUT2D eigenvalue weighted by Crippen LogP contribution is 2.33. The Balaban J connectivity index is 1.65. The van der Waals surface area contributed by atoms with Crippen LogP contribution in [-0.4, -0.2) is 31.5 Å². The van der Waals surface area contributed by atoms with Gasteiger partial charge >= 0.3 is 0 Å². The van der Waals surface area contributed by atoms with E-state index in [1.165, 1.54) is 24.3 Å². The molecule has 0 aliphatic carbocycles. The second-order valence-corrected chi connectivity index (χ2v) is 6.71. The third kappa shape index (κ3) is 7.25. The number of hydrogen-bond donors (Lipinski definition) is 2. The fraction of sp³-hybridized carbons (Fsp3) is 0.222. The molecule has 0 saturated carbocycles. The molecule has 2 aromatic rings. The highest BCUT2D eigenvalue weighted by Gasteiger charge is 2.09. The molecule has 0 bridgehead atoms. The van der Waals surface area contributed by atoms with E-state index < -0.39 is 0 Å². The van der Waals surface area contributed by atoms with Crippen molar-refractivity contribution in [3.05, 3.63) is 62.8 Å². The summed E-state index contributed by atoms with van der Waals surface area (Å²) in [6, 6.07) is 8.53. The van der Waals surface area contributed by atoms with Gasteiger partial charge in [-0.1, -0.05) is 46.9 Å². The van der Waals surface area contributed by atoms with Gasteiger partial charge in [0.05, 0.1) is 21.5 Å². The zero-order valence-electron chi connectivity index (χ0n) is 14.0. The minimum absolute atomic E-state index is 0.132. The van der Waals surface area contributed by atoms with E-state index in [1.807, 2.05) is 0 Å². The number of rotatable bonds is 8. The molecule has 0 atom stereocenters. The molecule has 0 spiro atoms. The van der Waals surface area contributed by atoms with E-state index in [9.17, 15) is 14.0 Å². The van der Waals surface area contributed by atoms with Crippen LogP contribution in [0.4, 0.5) is 4.39 Å². The SMILES string of the molecule is O=C(COc1cc(Cl)c(Cl)cc1Cl)NCCNC(=O)Cc1ccc(F)cc1. The predicted octanol–water partition coefficient (Wildman–Crippen LogP) is 3.64. The molecule has 0 saturated heterocycles. The Bertz CT molecular complexity index is 816. The minimum Gasteiger partial charge on any atom is -0.482 e. The number of carbonyl (C=O) groups is 2. The number of ether oxygens (including phenoxy) is 1. The lowest BCUT2D eigenvalue weighted by Crippen LogP contribution is -2.37. The Kier molecular flexibility index (Phi) is 8.16. The van der Waals surface area contributed by atoms with Crippen molar-refractivity contribution in [2.75, 3.05) is 19.7 Å². The second-order valence-electron chi connectivity index (χ2n) is 5.49. The number of halogens is 4. The first-order valence-corrected chi connectivity index (χ1v) is 9.03. The van der Waals surface area contributed by atoms with Crippen LogP contribution in [-0.2, 0) is 16.0 Å². The van der Waals surface area contributed by atoms with Gasteiger partial charge in [0.1, 0.15) is 11.6 Å². The molecule has 0 radical (unpaired) electrons.